The molecule has 7 heteroatoms. The van der Waals surface area contributed by atoms with Crippen molar-refractivity contribution in [3.8, 4) is 0 Å². The maximum Gasteiger partial charge on any atom is 0.323 e. The van der Waals surface area contributed by atoms with Crippen LogP contribution in [0.4, 0.5) is 0 Å². The number of ether oxygens (including phenoxy) is 1. The van der Waals surface area contributed by atoms with E-state index in [1.165, 1.54) is 4.90 Å². The first kappa shape index (κ1) is 18.1. The number of benzene rings is 1. The monoisotopic (exact) mass is 357 g/mol. The van der Waals surface area contributed by atoms with Crippen LogP contribution in [0.3, 0.4) is 0 Å². The van der Waals surface area contributed by atoms with E-state index in [1.807, 2.05) is 41.9 Å². The van der Waals surface area contributed by atoms with Crippen molar-refractivity contribution in [2.75, 3.05) is 19.8 Å². The van der Waals surface area contributed by atoms with E-state index in [0.717, 1.165) is 24.1 Å². The molecule has 3 rings (SSSR count). The summed E-state index contributed by atoms with van der Waals surface area (Å²) in [6, 6.07) is 9.59. The van der Waals surface area contributed by atoms with Crippen LogP contribution in [0.25, 0.3) is 0 Å². The zero-order valence-corrected chi connectivity index (χ0v) is 14.8. The molecule has 1 N–H and O–H groups in total. The summed E-state index contributed by atoms with van der Waals surface area (Å²) in [4.78, 5) is 25.6. The van der Waals surface area contributed by atoms with Gasteiger partial charge in [0.2, 0.25) is 0 Å². The SMILES string of the molecule is Cc1c(C(=O)N(CC(=O)O)Cc2ccccc2)cnn1C1CCOCC1. The van der Waals surface area contributed by atoms with E-state index in [0.29, 0.717) is 18.8 Å². The fourth-order valence-corrected chi connectivity index (χ4v) is 3.27. The minimum atomic E-state index is -1.04. The van der Waals surface area contributed by atoms with Gasteiger partial charge in [-0.25, -0.2) is 0 Å². The van der Waals surface area contributed by atoms with Gasteiger partial charge in [-0.05, 0) is 25.3 Å². The molecule has 0 saturated carbocycles. The predicted molar refractivity (Wildman–Crippen MR) is 94.9 cm³/mol. The van der Waals surface area contributed by atoms with Crippen molar-refractivity contribution >= 4 is 11.9 Å². The molecule has 1 saturated heterocycles. The van der Waals surface area contributed by atoms with Gasteiger partial charge < -0.3 is 14.7 Å². The molecule has 0 bridgehead atoms. The molecule has 0 aliphatic carbocycles. The van der Waals surface area contributed by atoms with Gasteiger partial charge in [0.1, 0.15) is 6.54 Å². The number of hydrogen-bond acceptors (Lipinski definition) is 4. The molecule has 0 atom stereocenters. The van der Waals surface area contributed by atoms with Gasteiger partial charge in [0.25, 0.3) is 5.91 Å². The summed E-state index contributed by atoms with van der Waals surface area (Å²) in [5.74, 6) is -1.35. The van der Waals surface area contributed by atoms with Crippen molar-refractivity contribution < 1.29 is 19.4 Å². The highest BCUT2D eigenvalue weighted by Gasteiger charge is 2.25. The van der Waals surface area contributed by atoms with Crippen molar-refractivity contribution in [1.29, 1.82) is 0 Å². The van der Waals surface area contributed by atoms with E-state index in [2.05, 4.69) is 5.10 Å². The lowest BCUT2D eigenvalue weighted by Crippen LogP contribution is -2.35. The molecule has 0 unspecified atom stereocenters. The molecule has 1 fully saturated rings. The quantitative estimate of drug-likeness (QED) is 0.857. The third-order valence-electron chi connectivity index (χ3n) is 4.64. The summed E-state index contributed by atoms with van der Waals surface area (Å²) < 4.78 is 7.25. The fraction of sp³-hybridized carbons (Fsp3) is 0.421. The van der Waals surface area contributed by atoms with Crippen LogP contribution in [0.15, 0.2) is 36.5 Å². The highest BCUT2D eigenvalue weighted by Crippen LogP contribution is 2.24. The summed E-state index contributed by atoms with van der Waals surface area (Å²) in [5.41, 5.74) is 2.11. The molecular weight excluding hydrogens is 334 g/mol. The smallest absolute Gasteiger partial charge is 0.323 e. The molecule has 2 aromatic rings. The topological polar surface area (TPSA) is 84.7 Å². The summed E-state index contributed by atoms with van der Waals surface area (Å²) >= 11 is 0. The van der Waals surface area contributed by atoms with Crippen LogP contribution in [0.2, 0.25) is 0 Å². The number of hydrogen-bond donors (Lipinski definition) is 1. The summed E-state index contributed by atoms with van der Waals surface area (Å²) in [7, 11) is 0. The number of rotatable bonds is 6. The summed E-state index contributed by atoms with van der Waals surface area (Å²) in [5, 5.41) is 13.6. The van der Waals surface area contributed by atoms with E-state index >= 15 is 0 Å². The number of aliphatic carboxylic acids is 1. The van der Waals surface area contributed by atoms with Gasteiger partial charge in [0.15, 0.2) is 0 Å². The average molecular weight is 357 g/mol. The Hall–Kier alpha value is -2.67. The van der Waals surface area contributed by atoms with E-state index in [1.54, 1.807) is 6.20 Å². The first-order valence-electron chi connectivity index (χ1n) is 8.73. The fourth-order valence-electron chi connectivity index (χ4n) is 3.27. The molecule has 2 heterocycles. The van der Waals surface area contributed by atoms with Gasteiger partial charge in [0, 0.05) is 25.5 Å². The van der Waals surface area contributed by atoms with Gasteiger partial charge >= 0.3 is 5.97 Å². The van der Waals surface area contributed by atoms with E-state index < -0.39 is 5.97 Å². The second-order valence-electron chi connectivity index (χ2n) is 6.47. The molecule has 1 aromatic carbocycles. The van der Waals surface area contributed by atoms with Crippen molar-refractivity contribution in [3.63, 3.8) is 0 Å². The Morgan fingerprint density at radius 2 is 1.96 bits per heavy atom. The predicted octanol–water partition coefficient (Wildman–Crippen LogP) is 2.27. The molecule has 0 radical (unpaired) electrons. The van der Waals surface area contributed by atoms with Crippen LogP contribution in [-0.2, 0) is 16.1 Å². The maximum atomic E-state index is 13.0. The molecule has 7 nitrogen and oxygen atoms in total. The van der Waals surface area contributed by atoms with Crippen LogP contribution >= 0.6 is 0 Å². The molecule has 0 spiro atoms. The number of carboxylic acid groups (broad SMARTS) is 1. The zero-order chi connectivity index (χ0) is 18.5. The summed E-state index contributed by atoms with van der Waals surface area (Å²) in [6.07, 6.45) is 3.27. The molecule has 1 aliphatic rings. The van der Waals surface area contributed by atoms with Crippen LogP contribution in [0.5, 0.6) is 0 Å². The Balaban J connectivity index is 1.82. The van der Waals surface area contributed by atoms with Crippen molar-refractivity contribution in [1.82, 2.24) is 14.7 Å². The number of nitrogens with zero attached hydrogens (tertiary/aromatic N) is 3. The second kappa shape index (κ2) is 8.14. The number of carbonyl (C=O) groups excluding carboxylic acids is 1. The minimum Gasteiger partial charge on any atom is -0.480 e. The van der Waals surface area contributed by atoms with Gasteiger partial charge in [-0.3, -0.25) is 14.3 Å². The molecular formula is C19H23N3O4. The molecule has 26 heavy (non-hydrogen) atoms. The van der Waals surface area contributed by atoms with Gasteiger partial charge in [-0.15, -0.1) is 0 Å². The number of aromatic nitrogens is 2. The first-order valence-corrected chi connectivity index (χ1v) is 8.73. The van der Waals surface area contributed by atoms with Gasteiger partial charge in [0.05, 0.1) is 17.8 Å². The Labute approximate surface area is 152 Å². The van der Waals surface area contributed by atoms with Crippen LogP contribution in [-0.4, -0.2) is 51.4 Å². The number of carbonyl (C=O) groups is 2. The lowest BCUT2D eigenvalue weighted by atomic mass is 10.1. The van der Waals surface area contributed by atoms with Crippen molar-refractivity contribution in [2.45, 2.75) is 32.4 Å². The van der Waals surface area contributed by atoms with Crippen LogP contribution in [0.1, 0.15) is 40.5 Å². The Morgan fingerprint density at radius 3 is 2.62 bits per heavy atom. The zero-order valence-electron chi connectivity index (χ0n) is 14.8. The Morgan fingerprint density at radius 1 is 1.27 bits per heavy atom. The number of carboxylic acids is 1. The Bertz CT molecular complexity index is 766. The second-order valence-corrected chi connectivity index (χ2v) is 6.47. The highest BCUT2D eigenvalue weighted by atomic mass is 16.5. The van der Waals surface area contributed by atoms with Gasteiger partial charge in [-0.2, -0.15) is 5.10 Å². The summed E-state index contributed by atoms with van der Waals surface area (Å²) in [6.45, 7) is 3.12. The first-order chi connectivity index (χ1) is 12.6. The number of amides is 1. The molecule has 138 valence electrons. The standard InChI is InChI=1S/C19H23N3O4/c1-14-17(11-20-22(14)16-7-9-26-10-8-16)19(25)21(13-18(23)24)12-15-5-3-2-4-6-15/h2-6,11,16H,7-10,12-13H2,1H3,(H,23,24). The van der Waals surface area contributed by atoms with Crippen LogP contribution in [0, 0.1) is 6.92 Å². The van der Waals surface area contributed by atoms with Crippen LogP contribution < -0.4 is 0 Å². The van der Waals surface area contributed by atoms with Crippen molar-refractivity contribution in [3.05, 3.63) is 53.3 Å². The van der Waals surface area contributed by atoms with E-state index in [-0.39, 0.29) is 25.0 Å². The highest BCUT2D eigenvalue weighted by molar-refractivity contribution is 5.96. The minimum absolute atomic E-state index is 0.215. The third-order valence-corrected chi connectivity index (χ3v) is 4.64. The molecule has 1 amide bonds. The van der Waals surface area contributed by atoms with Gasteiger partial charge in [-0.1, -0.05) is 30.3 Å². The van der Waals surface area contributed by atoms with E-state index in [9.17, 15) is 14.7 Å². The maximum absolute atomic E-state index is 13.0. The lowest BCUT2D eigenvalue weighted by Gasteiger charge is -2.24. The molecule has 1 aliphatic heterocycles. The van der Waals surface area contributed by atoms with Crippen molar-refractivity contribution in [2.24, 2.45) is 0 Å². The molecule has 1 aromatic heterocycles. The largest absolute Gasteiger partial charge is 0.480 e. The third kappa shape index (κ3) is 4.11. The average Bonchev–Trinajstić information content (AvgIpc) is 3.03. The Kier molecular flexibility index (Phi) is 5.68. The van der Waals surface area contributed by atoms with E-state index in [4.69, 9.17) is 4.74 Å². The lowest BCUT2D eigenvalue weighted by molar-refractivity contribution is -0.137. The normalized spacial score (nSPS) is 15.0.